The summed E-state index contributed by atoms with van der Waals surface area (Å²) in [6.45, 7) is 1.24. The summed E-state index contributed by atoms with van der Waals surface area (Å²) < 4.78 is 4.93. The van der Waals surface area contributed by atoms with Crippen LogP contribution in [0, 0.1) is 0 Å². The molecular formula is C19H17N3O2S. The van der Waals surface area contributed by atoms with E-state index in [2.05, 4.69) is 22.3 Å². The molecule has 6 heteroatoms. The van der Waals surface area contributed by atoms with Crippen LogP contribution in [-0.2, 0) is 4.79 Å². The van der Waals surface area contributed by atoms with Crippen LogP contribution in [0.1, 0.15) is 28.1 Å². The minimum absolute atomic E-state index is 0.0142. The number of carbonyl (C=O) groups is 1. The van der Waals surface area contributed by atoms with E-state index in [4.69, 9.17) is 4.52 Å². The zero-order valence-electron chi connectivity index (χ0n) is 13.5. The Balaban J connectivity index is 1.56. The second-order valence-corrected chi connectivity index (χ2v) is 6.98. The van der Waals surface area contributed by atoms with E-state index in [1.165, 1.54) is 12.0 Å². The molecule has 126 valence electrons. The van der Waals surface area contributed by atoms with Crippen LogP contribution in [0.25, 0.3) is 6.08 Å². The lowest BCUT2D eigenvalue weighted by atomic mass is 9.88. The summed E-state index contributed by atoms with van der Waals surface area (Å²) in [5.41, 5.74) is 1.19. The second kappa shape index (κ2) is 7.03. The molecule has 0 saturated carbocycles. The van der Waals surface area contributed by atoms with Crippen molar-refractivity contribution in [2.75, 3.05) is 13.1 Å². The summed E-state index contributed by atoms with van der Waals surface area (Å²) in [7, 11) is 0. The van der Waals surface area contributed by atoms with Crippen LogP contribution >= 0.6 is 11.3 Å². The first-order chi connectivity index (χ1) is 12.3. The average molecular weight is 351 g/mol. The molecule has 0 radical (unpaired) electrons. The molecule has 0 bridgehead atoms. The molecule has 4 rings (SSSR count). The molecule has 1 saturated heterocycles. The van der Waals surface area contributed by atoms with Crippen molar-refractivity contribution < 1.29 is 9.32 Å². The lowest BCUT2D eigenvalue weighted by Crippen LogP contribution is -2.27. The third kappa shape index (κ3) is 3.39. The van der Waals surface area contributed by atoms with E-state index < -0.39 is 0 Å². The quantitative estimate of drug-likeness (QED) is 0.675. The summed E-state index contributed by atoms with van der Waals surface area (Å²) in [6.07, 6.45) is 4.86. The van der Waals surface area contributed by atoms with Gasteiger partial charge in [0.05, 0.1) is 0 Å². The number of amides is 1. The standard InChI is InChI=1S/C19H17N3O2S/c23-18(9-8-15-7-4-10-25-15)22-11-16(14-5-2-1-3-6-14)17(12-22)19-20-13-24-21-19/h1-10,13,16-17H,11-12H2/b9-8-/t16-,17-/m0/s1. The molecule has 1 aliphatic rings. The van der Waals surface area contributed by atoms with Crippen LogP contribution in [0.4, 0.5) is 0 Å². The molecule has 3 heterocycles. The first-order valence-corrected chi connectivity index (χ1v) is 9.01. The highest BCUT2D eigenvalue weighted by Crippen LogP contribution is 2.38. The van der Waals surface area contributed by atoms with Crippen molar-refractivity contribution in [1.82, 2.24) is 15.0 Å². The Morgan fingerprint density at radius 1 is 1.16 bits per heavy atom. The van der Waals surface area contributed by atoms with Gasteiger partial charge in [0.25, 0.3) is 0 Å². The van der Waals surface area contributed by atoms with Crippen LogP contribution in [-0.4, -0.2) is 34.0 Å². The maximum absolute atomic E-state index is 12.6. The van der Waals surface area contributed by atoms with Crippen molar-refractivity contribution in [1.29, 1.82) is 0 Å². The normalized spacial score (nSPS) is 20.4. The van der Waals surface area contributed by atoms with E-state index in [-0.39, 0.29) is 17.7 Å². The van der Waals surface area contributed by atoms with Crippen molar-refractivity contribution in [3.63, 3.8) is 0 Å². The van der Waals surface area contributed by atoms with Crippen LogP contribution < -0.4 is 0 Å². The van der Waals surface area contributed by atoms with Gasteiger partial charge in [-0.1, -0.05) is 41.6 Å². The van der Waals surface area contributed by atoms with Crippen LogP contribution in [0.3, 0.4) is 0 Å². The van der Waals surface area contributed by atoms with Crippen molar-refractivity contribution in [3.8, 4) is 0 Å². The fourth-order valence-corrected chi connectivity index (χ4v) is 3.89. The third-order valence-corrected chi connectivity index (χ3v) is 5.34. The largest absolute Gasteiger partial charge is 0.343 e. The molecule has 1 aromatic carbocycles. The molecule has 0 N–H and O–H groups in total. The molecule has 0 unspecified atom stereocenters. The Morgan fingerprint density at radius 2 is 2.00 bits per heavy atom. The summed E-state index contributed by atoms with van der Waals surface area (Å²) in [5, 5.41) is 6.01. The van der Waals surface area contributed by atoms with Gasteiger partial charge in [0.15, 0.2) is 5.82 Å². The zero-order chi connectivity index (χ0) is 17.1. The zero-order valence-corrected chi connectivity index (χ0v) is 14.3. The molecule has 1 amide bonds. The van der Waals surface area contributed by atoms with E-state index in [1.807, 2.05) is 46.7 Å². The SMILES string of the molecule is O=C(/C=C\c1cccs1)N1C[C@H](c2ncon2)[C@H](c2ccccc2)C1. The highest BCUT2D eigenvalue weighted by molar-refractivity contribution is 7.10. The van der Waals surface area contributed by atoms with Gasteiger partial charge in [0, 0.05) is 35.9 Å². The number of benzene rings is 1. The van der Waals surface area contributed by atoms with Crippen LogP contribution in [0.5, 0.6) is 0 Å². The number of hydrogen-bond acceptors (Lipinski definition) is 5. The van der Waals surface area contributed by atoms with Gasteiger partial charge in [-0.3, -0.25) is 4.79 Å². The predicted octanol–water partition coefficient (Wildman–Crippen LogP) is 3.55. The minimum Gasteiger partial charge on any atom is -0.343 e. The predicted molar refractivity (Wildman–Crippen MR) is 96.2 cm³/mol. The summed E-state index contributed by atoms with van der Waals surface area (Å²) in [6, 6.07) is 14.2. The molecule has 2 atom stereocenters. The van der Waals surface area contributed by atoms with Crippen molar-refractivity contribution in [3.05, 3.63) is 76.6 Å². The molecule has 0 spiro atoms. The lowest BCUT2D eigenvalue weighted by Gasteiger charge is -2.15. The second-order valence-electron chi connectivity index (χ2n) is 6.01. The van der Waals surface area contributed by atoms with Crippen molar-refractivity contribution >= 4 is 23.3 Å². The molecule has 3 aromatic rings. The Bertz CT molecular complexity index is 844. The Kier molecular flexibility index (Phi) is 4.43. The topological polar surface area (TPSA) is 59.2 Å². The molecule has 1 fully saturated rings. The molecule has 0 aliphatic carbocycles. The fraction of sp³-hybridized carbons (Fsp3) is 0.211. The number of likely N-dealkylation sites (tertiary alicyclic amines) is 1. The van der Waals surface area contributed by atoms with Gasteiger partial charge in [-0.15, -0.1) is 11.3 Å². The molecule has 1 aliphatic heterocycles. The fourth-order valence-electron chi connectivity index (χ4n) is 3.27. The number of nitrogens with zero attached hydrogens (tertiary/aromatic N) is 3. The van der Waals surface area contributed by atoms with Gasteiger partial charge in [-0.05, 0) is 23.1 Å². The van der Waals surface area contributed by atoms with E-state index in [0.717, 1.165) is 4.88 Å². The maximum atomic E-state index is 12.6. The minimum atomic E-state index is 0.0142. The van der Waals surface area contributed by atoms with E-state index in [0.29, 0.717) is 18.9 Å². The number of carbonyl (C=O) groups excluding carboxylic acids is 1. The Labute approximate surface area is 149 Å². The third-order valence-electron chi connectivity index (χ3n) is 4.50. The van der Waals surface area contributed by atoms with Gasteiger partial charge in [0.1, 0.15) is 0 Å². The number of thiophene rings is 1. The number of aromatic nitrogens is 2. The van der Waals surface area contributed by atoms with Gasteiger partial charge in [0.2, 0.25) is 12.3 Å². The van der Waals surface area contributed by atoms with Crippen molar-refractivity contribution in [2.45, 2.75) is 11.8 Å². The first-order valence-electron chi connectivity index (χ1n) is 8.13. The van der Waals surface area contributed by atoms with E-state index in [9.17, 15) is 4.79 Å². The lowest BCUT2D eigenvalue weighted by molar-refractivity contribution is -0.125. The van der Waals surface area contributed by atoms with E-state index in [1.54, 1.807) is 17.4 Å². The summed E-state index contributed by atoms with van der Waals surface area (Å²) >= 11 is 1.61. The average Bonchev–Trinajstić information content (AvgIpc) is 3.41. The van der Waals surface area contributed by atoms with Crippen molar-refractivity contribution in [2.24, 2.45) is 0 Å². The number of rotatable bonds is 4. The summed E-state index contributed by atoms with van der Waals surface area (Å²) in [4.78, 5) is 19.8. The van der Waals surface area contributed by atoms with Crippen LogP contribution in [0.2, 0.25) is 0 Å². The monoisotopic (exact) mass is 351 g/mol. The molecular weight excluding hydrogens is 334 g/mol. The Hall–Kier alpha value is -2.73. The maximum Gasteiger partial charge on any atom is 0.246 e. The van der Waals surface area contributed by atoms with Gasteiger partial charge < -0.3 is 9.42 Å². The highest BCUT2D eigenvalue weighted by atomic mass is 32.1. The Morgan fingerprint density at radius 3 is 2.72 bits per heavy atom. The molecule has 2 aromatic heterocycles. The summed E-state index contributed by atoms with van der Waals surface area (Å²) in [5.74, 6) is 0.879. The van der Waals surface area contributed by atoms with Gasteiger partial charge >= 0.3 is 0 Å². The molecule has 5 nitrogen and oxygen atoms in total. The molecule has 25 heavy (non-hydrogen) atoms. The van der Waals surface area contributed by atoms with Gasteiger partial charge in [-0.25, -0.2) is 0 Å². The van der Waals surface area contributed by atoms with E-state index >= 15 is 0 Å². The van der Waals surface area contributed by atoms with Crippen LogP contribution in [0.15, 0.2) is 64.8 Å². The highest BCUT2D eigenvalue weighted by Gasteiger charge is 2.38. The number of hydrogen-bond donors (Lipinski definition) is 0. The smallest absolute Gasteiger partial charge is 0.246 e. The first kappa shape index (κ1) is 15.8. The van der Waals surface area contributed by atoms with Gasteiger partial charge in [-0.2, -0.15) is 4.98 Å².